The molecule has 2 aromatic carbocycles. The predicted molar refractivity (Wildman–Crippen MR) is 125 cm³/mol. The number of benzene rings is 2. The van der Waals surface area contributed by atoms with Gasteiger partial charge >= 0.3 is 0 Å². The molecule has 1 aliphatic rings. The van der Waals surface area contributed by atoms with Gasteiger partial charge in [0.05, 0.1) is 11.7 Å². The van der Waals surface area contributed by atoms with Crippen molar-refractivity contribution in [3.8, 4) is 5.75 Å². The number of carbonyl (C=O) groups excluding carboxylic acids is 2. The maximum Gasteiger partial charge on any atom is 0.257 e. The largest absolute Gasteiger partial charge is 0.491 e. The van der Waals surface area contributed by atoms with Crippen LogP contribution in [0.25, 0.3) is 0 Å². The Morgan fingerprint density at radius 3 is 2.61 bits per heavy atom. The van der Waals surface area contributed by atoms with Gasteiger partial charge in [0.15, 0.2) is 0 Å². The van der Waals surface area contributed by atoms with Gasteiger partial charge in [0, 0.05) is 50.6 Å². The quantitative estimate of drug-likeness (QED) is 0.764. The van der Waals surface area contributed by atoms with Crippen molar-refractivity contribution in [1.82, 2.24) is 9.80 Å². The van der Waals surface area contributed by atoms with Gasteiger partial charge in [-0.25, -0.2) is 4.39 Å². The molecule has 2 aromatic rings. The van der Waals surface area contributed by atoms with Crippen LogP contribution in [-0.2, 0) is 4.74 Å². The highest BCUT2D eigenvalue weighted by Gasteiger charge is 2.27. The summed E-state index contributed by atoms with van der Waals surface area (Å²) in [5.74, 6) is -0.525. The van der Waals surface area contributed by atoms with Gasteiger partial charge in [0.2, 0.25) is 0 Å². The molecular weight excluding hydrogens is 425 g/mol. The third-order valence-corrected chi connectivity index (χ3v) is 6.10. The first kappa shape index (κ1) is 24.7. The molecule has 0 spiro atoms. The highest BCUT2D eigenvalue weighted by molar-refractivity contribution is 6.05. The third-order valence-electron chi connectivity index (χ3n) is 6.10. The highest BCUT2D eigenvalue weighted by Crippen LogP contribution is 2.27. The number of methoxy groups -OCH3 is 1. The second-order valence-corrected chi connectivity index (χ2v) is 8.71. The second kappa shape index (κ2) is 10.8. The number of anilines is 1. The van der Waals surface area contributed by atoms with Crippen LogP contribution in [0.3, 0.4) is 0 Å². The number of carbonyl (C=O) groups is 2. The Morgan fingerprint density at radius 2 is 1.91 bits per heavy atom. The number of amides is 2. The van der Waals surface area contributed by atoms with Crippen LogP contribution in [0, 0.1) is 11.7 Å². The van der Waals surface area contributed by atoms with Crippen molar-refractivity contribution in [2.75, 3.05) is 46.2 Å². The lowest BCUT2D eigenvalue weighted by atomic mass is 10.0. The highest BCUT2D eigenvalue weighted by atomic mass is 19.1. The normalized spacial score (nSPS) is 22.5. The maximum atomic E-state index is 13.5. The van der Waals surface area contributed by atoms with E-state index in [9.17, 15) is 14.0 Å². The summed E-state index contributed by atoms with van der Waals surface area (Å²) in [5.41, 5.74) is 1.06. The van der Waals surface area contributed by atoms with Gasteiger partial charge in [-0.2, -0.15) is 0 Å². The molecule has 0 aliphatic carbocycles. The van der Waals surface area contributed by atoms with Crippen LogP contribution in [0.4, 0.5) is 10.1 Å². The van der Waals surface area contributed by atoms with Crippen molar-refractivity contribution < 1.29 is 23.5 Å². The van der Waals surface area contributed by atoms with E-state index in [4.69, 9.17) is 9.47 Å². The molecule has 0 unspecified atom stereocenters. The molecule has 0 aromatic heterocycles. The smallest absolute Gasteiger partial charge is 0.257 e. The van der Waals surface area contributed by atoms with Gasteiger partial charge in [-0.1, -0.05) is 13.0 Å². The van der Waals surface area contributed by atoms with E-state index in [-0.39, 0.29) is 29.5 Å². The first-order valence-corrected chi connectivity index (χ1v) is 11.0. The SMILES string of the molecule is CO[C@H]1CN(C)C(=O)c2ccc(NC(=O)c3cccc(F)c3)cc2OC[C@H](C)N(C)C[C@@H]1C. The van der Waals surface area contributed by atoms with E-state index in [2.05, 4.69) is 24.1 Å². The maximum absolute atomic E-state index is 13.5. The summed E-state index contributed by atoms with van der Waals surface area (Å²) in [7, 11) is 5.44. The van der Waals surface area contributed by atoms with Crippen molar-refractivity contribution in [1.29, 1.82) is 0 Å². The molecule has 33 heavy (non-hydrogen) atoms. The third kappa shape index (κ3) is 6.09. The molecule has 3 atom stereocenters. The minimum Gasteiger partial charge on any atom is -0.491 e. The summed E-state index contributed by atoms with van der Waals surface area (Å²) in [5, 5.41) is 2.75. The van der Waals surface area contributed by atoms with Gasteiger partial charge in [0.1, 0.15) is 18.2 Å². The average Bonchev–Trinajstić information content (AvgIpc) is 2.79. The Labute approximate surface area is 194 Å². The lowest BCUT2D eigenvalue weighted by molar-refractivity contribution is 0.0150. The minimum atomic E-state index is -0.487. The Balaban J connectivity index is 1.90. The van der Waals surface area contributed by atoms with Crippen LogP contribution in [0.5, 0.6) is 5.75 Å². The van der Waals surface area contributed by atoms with Crippen molar-refractivity contribution >= 4 is 17.5 Å². The van der Waals surface area contributed by atoms with E-state index in [1.807, 2.05) is 7.05 Å². The minimum absolute atomic E-state index is 0.0932. The molecule has 0 radical (unpaired) electrons. The van der Waals surface area contributed by atoms with E-state index in [0.717, 1.165) is 6.54 Å². The molecule has 1 heterocycles. The van der Waals surface area contributed by atoms with Gasteiger partial charge in [-0.3, -0.25) is 14.5 Å². The number of nitrogens with zero attached hydrogens (tertiary/aromatic N) is 2. The Bertz CT molecular complexity index is 999. The van der Waals surface area contributed by atoms with E-state index in [1.165, 1.54) is 24.3 Å². The zero-order chi connectivity index (χ0) is 24.1. The van der Waals surface area contributed by atoms with E-state index < -0.39 is 11.7 Å². The molecule has 178 valence electrons. The fraction of sp³-hybridized carbons (Fsp3) is 0.440. The molecule has 3 rings (SSSR count). The summed E-state index contributed by atoms with van der Waals surface area (Å²) in [6.07, 6.45) is -0.109. The van der Waals surface area contributed by atoms with Crippen LogP contribution in [-0.4, -0.2) is 74.7 Å². The predicted octanol–water partition coefficient (Wildman–Crippen LogP) is 3.51. The molecule has 1 N–H and O–H groups in total. The van der Waals surface area contributed by atoms with E-state index in [0.29, 0.717) is 30.2 Å². The summed E-state index contributed by atoms with van der Waals surface area (Å²) < 4.78 is 25.2. The Kier molecular flexibility index (Phi) is 8.05. The Morgan fingerprint density at radius 1 is 1.15 bits per heavy atom. The number of likely N-dealkylation sites (N-methyl/N-ethyl adjacent to an activating group) is 2. The number of rotatable bonds is 3. The lowest BCUT2D eigenvalue weighted by Gasteiger charge is -2.34. The topological polar surface area (TPSA) is 71.1 Å². The molecule has 7 nitrogen and oxygen atoms in total. The average molecular weight is 458 g/mol. The van der Waals surface area contributed by atoms with Crippen LogP contribution < -0.4 is 10.1 Å². The molecule has 0 saturated heterocycles. The lowest BCUT2D eigenvalue weighted by Crippen LogP contribution is -2.45. The van der Waals surface area contributed by atoms with E-state index >= 15 is 0 Å². The zero-order valence-electron chi connectivity index (χ0n) is 19.8. The number of nitrogens with one attached hydrogen (secondary N) is 1. The fourth-order valence-electron chi connectivity index (χ4n) is 3.86. The zero-order valence-corrected chi connectivity index (χ0v) is 19.8. The van der Waals surface area contributed by atoms with Gasteiger partial charge in [-0.05, 0) is 50.2 Å². The number of fused-ring (bicyclic) bond motifs is 1. The Hall–Kier alpha value is -2.97. The van der Waals surface area contributed by atoms with Crippen molar-refractivity contribution in [3.63, 3.8) is 0 Å². The molecule has 8 heteroatoms. The van der Waals surface area contributed by atoms with E-state index in [1.54, 1.807) is 37.3 Å². The first-order valence-electron chi connectivity index (χ1n) is 11.0. The van der Waals surface area contributed by atoms with Crippen molar-refractivity contribution in [2.24, 2.45) is 5.92 Å². The number of hydrogen-bond acceptors (Lipinski definition) is 5. The molecule has 0 bridgehead atoms. The summed E-state index contributed by atoms with van der Waals surface area (Å²) in [6, 6.07) is 10.5. The molecular formula is C25H32FN3O4. The van der Waals surface area contributed by atoms with Crippen LogP contribution >= 0.6 is 0 Å². The number of ether oxygens (including phenoxy) is 2. The van der Waals surface area contributed by atoms with Crippen molar-refractivity contribution in [2.45, 2.75) is 26.0 Å². The van der Waals surface area contributed by atoms with Crippen LogP contribution in [0.1, 0.15) is 34.6 Å². The monoisotopic (exact) mass is 457 g/mol. The summed E-state index contributed by atoms with van der Waals surface area (Å²) in [6.45, 7) is 5.78. The molecule has 0 saturated carbocycles. The summed E-state index contributed by atoms with van der Waals surface area (Å²) in [4.78, 5) is 29.6. The second-order valence-electron chi connectivity index (χ2n) is 8.71. The summed E-state index contributed by atoms with van der Waals surface area (Å²) >= 11 is 0. The first-order chi connectivity index (χ1) is 15.7. The van der Waals surface area contributed by atoms with Crippen LogP contribution in [0.15, 0.2) is 42.5 Å². The van der Waals surface area contributed by atoms with Gasteiger partial charge in [-0.15, -0.1) is 0 Å². The van der Waals surface area contributed by atoms with Gasteiger partial charge in [0.25, 0.3) is 11.8 Å². The molecule has 1 aliphatic heterocycles. The van der Waals surface area contributed by atoms with Gasteiger partial charge < -0.3 is 19.7 Å². The van der Waals surface area contributed by atoms with Crippen molar-refractivity contribution in [3.05, 3.63) is 59.4 Å². The number of hydrogen-bond donors (Lipinski definition) is 1. The fourth-order valence-corrected chi connectivity index (χ4v) is 3.86. The van der Waals surface area contributed by atoms with Crippen LogP contribution in [0.2, 0.25) is 0 Å². The number of halogens is 1. The molecule has 0 fully saturated rings. The molecule has 2 amide bonds. The standard InChI is InChI=1S/C25H32FN3O4/c1-16-13-28(3)17(2)15-33-22-12-20(27-24(30)18-7-6-8-19(26)11-18)9-10-21(22)25(31)29(4)14-23(16)32-5/h6-12,16-17,23H,13-15H2,1-5H3,(H,27,30)/t16-,17-,23-/m0/s1.